The van der Waals surface area contributed by atoms with Gasteiger partial charge in [0.15, 0.2) is 0 Å². The highest BCUT2D eigenvalue weighted by molar-refractivity contribution is 5.66. The zero-order valence-electron chi connectivity index (χ0n) is 10.1. The Morgan fingerprint density at radius 2 is 2.06 bits per heavy atom. The maximum absolute atomic E-state index is 10.3. The van der Waals surface area contributed by atoms with Gasteiger partial charge in [0.2, 0.25) is 0 Å². The van der Waals surface area contributed by atoms with Crippen molar-refractivity contribution in [3.05, 3.63) is 42.0 Å². The van der Waals surface area contributed by atoms with E-state index in [4.69, 9.17) is 0 Å². The lowest BCUT2D eigenvalue weighted by atomic mass is 9.99. The van der Waals surface area contributed by atoms with Crippen LogP contribution < -0.4 is 0 Å². The lowest BCUT2D eigenvalue weighted by Gasteiger charge is -2.26. The summed E-state index contributed by atoms with van der Waals surface area (Å²) < 4.78 is 0. The van der Waals surface area contributed by atoms with Gasteiger partial charge in [0, 0.05) is 19.5 Å². The highest BCUT2D eigenvalue weighted by atomic mass is 16.1. The van der Waals surface area contributed by atoms with Gasteiger partial charge in [-0.15, -0.1) is 0 Å². The average molecular weight is 229 g/mol. The van der Waals surface area contributed by atoms with E-state index < -0.39 is 0 Å². The van der Waals surface area contributed by atoms with Crippen molar-refractivity contribution in [2.24, 2.45) is 0 Å². The normalized spacial score (nSPS) is 16.6. The first-order valence-corrected chi connectivity index (χ1v) is 6.30. The highest BCUT2D eigenvalue weighted by Gasteiger charge is 2.11. The molecule has 1 aromatic rings. The molecule has 0 unspecified atom stereocenters. The van der Waals surface area contributed by atoms with E-state index >= 15 is 0 Å². The molecule has 2 rings (SSSR count). The molecule has 2 heteroatoms. The largest absolute Gasteiger partial charge is 0.303 e. The Bertz CT molecular complexity index is 383. The quantitative estimate of drug-likeness (QED) is 0.571. The summed E-state index contributed by atoms with van der Waals surface area (Å²) in [6.45, 7) is 3.17. The van der Waals surface area contributed by atoms with Crippen molar-refractivity contribution in [1.29, 1.82) is 0 Å². The summed E-state index contributed by atoms with van der Waals surface area (Å²) in [7, 11) is 0. The van der Waals surface area contributed by atoms with E-state index in [0.717, 1.165) is 38.8 Å². The smallest absolute Gasteiger partial charge is 0.120 e. The average Bonchev–Trinajstić information content (AvgIpc) is 2.41. The summed E-state index contributed by atoms with van der Waals surface area (Å²) >= 11 is 0. The van der Waals surface area contributed by atoms with Gasteiger partial charge in [0.1, 0.15) is 6.29 Å². The van der Waals surface area contributed by atoms with E-state index in [9.17, 15) is 4.79 Å². The number of benzene rings is 1. The fourth-order valence-electron chi connectivity index (χ4n) is 2.23. The van der Waals surface area contributed by atoms with E-state index in [2.05, 4.69) is 41.3 Å². The summed E-state index contributed by atoms with van der Waals surface area (Å²) in [4.78, 5) is 12.7. The summed E-state index contributed by atoms with van der Waals surface area (Å²) in [5.41, 5.74) is 2.80. The second-order valence-electron chi connectivity index (χ2n) is 4.45. The second-order valence-corrected chi connectivity index (χ2v) is 4.45. The molecule has 0 bridgehead atoms. The van der Waals surface area contributed by atoms with Crippen molar-refractivity contribution in [1.82, 2.24) is 4.90 Å². The van der Waals surface area contributed by atoms with Crippen LogP contribution in [-0.2, 0) is 4.79 Å². The SMILES string of the molecule is O=CCCCN1CC=C(c2ccccc2)CC1. The minimum absolute atomic E-state index is 0.686. The number of rotatable bonds is 5. The molecule has 0 radical (unpaired) electrons. The van der Waals surface area contributed by atoms with Crippen LogP contribution in [0.25, 0.3) is 5.57 Å². The molecule has 0 spiro atoms. The number of carbonyl (C=O) groups is 1. The van der Waals surface area contributed by atoms with Gasteiger partial charge >= 0.3 is 0 Å². The van der Waals surface area contributed by atoms with Crippen molar-refractivity contribution < 1.29 is 4.79 Å². The lowest BCUT2D eigenvalue weighted by molar-refractivity contribution is -0.108. The van der Waals surface area contributed by atoms with Crippen LogP contribution >= 0.6 is 0 Å². The minimum Gasteiger partial charge on any atom is -0.303 e. The highest BCUT2D eigenvalue weighted by Crippen LogP contribution is 2.21. The van der Waals surface area contributed by atoms with Crippen LogP contribution in [0.15, 0.2) is 36.4 Å². The molecule has 2 nitrogen and oxygen atoms in total. The van der Waals surface area contributed by atoms with Crippen LogP contribution in [-0.4, -0.2) is 30.8 Å². The molecular weight excluding hydrogens is 210 g/mol. The van der Waals surface area contributed by atoms with Crippen molar-refractivity contribution in [2.45, 2.75) is 19.3 Å². The van der Waals surface area contributed by atoms with Gasteiger partial charge in [0.25, 0.3) is 0 Å². The van der Waals surface area contributed by atoms with Crippen LogP contribution in [0.1, 0.15) is 24.8 Å². The number of carbonyl (C=O) groups excluding carboxylic acids is 1. The predicted octanol–water partition coefficient (Wildman–Crippen LogP) is 2.75. The molecule has 17 heavy (non-hydrogen) atoms. The molecular formula is C15H19NO. The topological polar surface area (TPSA) is 20.3 Å². The van der Waals surface area contributed by atoms with E-state index in [1.54, 1.807) is 0 Å². The van der Waals surface area contributed by atoms with Crippen LogP contribution in [0.2, 0.25) is 0 Å². The van der Waals surface area contributed by atoms with E-state index in [0.29, 0.717) is 6.42 Å². The molecule has 0 saturated heterocycles. The van der Waals surface area contributed by atoms with Gasteiger partial charge in [-0.25, -0.2) is 0 Å². The Morgan fingerprint density at radius 3 is 2.71 bits per heavy atom. The van der Waals surface area contributed by atoms with Crippen molar-refractivity contribution in [3.63, 3.8) is 0 Å². The van der Waals surface area contributed by atoms with Gasteiger partial charge in [-0.05, 0) is 30.5 Å². The number of aldehydes is 1. The fraction of sp³-hybridized carbons (Fsp3) is 0.400. The standard InChI is InChI=1S/C15H19NO/c17-13-5-4-10-16-11-8-15(9-12-16)14-6-2-1-3-7-14/h1-3,6-8,13H,4-5,9-12H2. The molecule has 0 amide bonds. The van der Waals surface area contributed by atoms with Gasteiger partial charge < -0.3 is 4.79 Å². The summed E-state index contributed by atoms with van der Waals surface area (Å²) in [5, 5.41) is 0. The van der Waals surface area contributed by atoms with Gasteiger partial charge in [-0.3, -0.25) is 4.90 Å². The Kier molecular flexibility index (Phi) is 4.51. The Hall–Kier alpha value is -1.41. The predicted molar refractivity (Wildman–Crippen MR) is 70.8 cm³/mol. The van der Waals surface area contributed by atoms with Crippen molar-refractivity contribution in [3.8, 4) is 0 Å². The molecule has 0 fully saturated rings. The van der Waals surface area contributed by atoms with Gasteiger partial charge in [0.05, 0.1) is 0 Å². The van der Waals surface area contributed by atoms with Crippen LogP contribution in [0.5, 0.6) is 0 Å². The minimum atomic E-state index is 0.686. The van der Waals surface area contributed by atoms with E-state index in [1.807, 2.05) is 0 Å². The zero-order chi connectivity index (χ0) is 11.9. The molecule has 1 aromatic carbocycles. The Balaban J connectivity index is 1.87. The maximum atomic E-state index is 10.3. The van der Waals surface area contributed by atoms with Crippen molar-refractivity contribution >= 4 is 11.9 Å². The van der Waals surface area contributed by atoms with E-state index in [-0.39, 0.29) is 0 Å². The summed E-state index contributed by atoms with van der Waals surface area (Å²) in [6.07, 6.45) is 6.11. The van der Waals surface area contributed by atoms with Gasteiger partial charge in [-0.1, -0.05) is 36.4 Å². The van der Waals surface area contributed by atoms with E-state index in [1.165, 1.54) is 11.1 Å². The molecule has 0 atom stereocenters. The Morgan fingerprint density at radius 1 is 1.24 bits per heavy atom. The third-order valence-electron chi connectivity index (χ3n) is 3.23. The molecule has 0 saturated carbocycles. The summed E-state index contributed by atoms with van der Waals surface area (Å²) in [5.74, 6) is 0. The number of unbranched alkanes of at least 4 members (excludes halogenated alkanes) is 1. The number of nitrogens with zero attached hydrogens (tertiary/aromatic N) is 1. The molecule has 90 valence electrons. The monoisotopic (exact) mass is 229 g/mol. The molecule has 0 N–H and O–H groups in total. The van der Waals surface area contributed by atoms with Crippen molar-refractivity contribution in [2.75, 3.05) is 19.6 Å². The second kappa shape index (κ2) is 6.36. The molecule has 1 aliphatic heterocycles. The van der Waals surface area contributed by atoms with Gasteiger partial charge in [-0.2, -0.15) is 0 Å². The first-order chi connectivity index (χ1) is 8.40. The molecule has 0 aliphatic carbocycles. The third-order valence-corrected chi connectivity index (χ3v) is 3.23. The first-order valence-electron chi connectivity index (χ1n) is 6.30. The molecule has 0 aromatic heterocycles. The lowest BCUT2D eigenvalue weighted by Crippen LogP contribution is -2.29. The third kappa shape index (κ3) is 3.53. The summed E-state index contributed by atoms with van der Waals surface area (Å²) in [6, 6.07) is 10.6. The van der Waals surface area contributed by atoms with Crippen LogP contribution in [0.4, 0.5) is 0 Å². The van der Waals surface area contributed by atoms with Crippen LogP contribution in [0.3, 0.4) is 0 Å². The zero-order valence-corrected chi connectivity index (χ0v) is 10.1. The first kappa shape index (κ1) is 12.1. The maximum Gasteiger partial charge on any atom is 0.120 e. The number of hydrogen-bond donors (Lipinski definition) is 0. The molecule has 1 heterocycles. The molecule has 1 aliphatic rings. The Labute approximate surface area is 103 Å². The number of hydrogen-bond acceptors (Lipinski definition) is 2. The fourth-order valence-corrected chi connectivity index (χ4v) is 2.23. The van der Waals surface area contributed by atoms with Crippen LogP contribution in [0, 0.1) is 0 Å².